The van der Waals surface area contributed by atoms with Crippen molar-refractivity contribution < 1.29 is 37.0 Å². The summed E-state index contributed by atoms with van der Waals surface area (Å²) in [4.78, 5) is 24.1. The van der Waals surface area contributed by atoms with Crippen LogP contribution in [0.2, 0.25) is 0 Å². The minimum absolute atomic E-state index is 0.137. The van der Waals surface area contributed by atoms with Crippen molar-refractivity contribution in [1.82, 2.24) is 5.32 Å². The van der Waals surface area contributed by atoms with Crippen molar-refractivity contribution in [2.45, 2.75) is 32.4 Å². The molecule has 3 unspecified atom stereocenters. The summed E-state index contributed by atoms with van der Waals surface area (Å²) in [6.45, 7) is 1.72. The van der Waals surface area contributed by atoms with Gasteiger partial charge in [0.05, 0.1) is 30.4 Å². The van der Waals surface area contributed by atoms with Crippen LogP contribution in [0.15, 0.2) is 47.7 Å². The molecule has 1 aliphatic heterocycles. The molecule has 0 spiro atoms. The van der Waals surface area contributed by atoms with Crippen LogP contribution in [0.5, 0.6) is 0 Å². The molecule has 0 saturated carbocycles. The normalized spacial score (nSPS) is 23.3. The van der Waals surface area contributed by atoms with Crippen LogP contribution in [-0.2, 0) is 31.7 Å². The molecule has 0 aromatic heterocycles. The van der Waals surface area contributed by atoms with Gasteiger partial charge in [-0.25, -0.2) is 9.59 Å². The zero-order valence-corrected chi connectivity index (χ0v) is 15.8. The highest BCUT2D eigenvalue weighted by Gasteiger charge is 2.44. The Kier molecular flexibility index (Phi) is 5.86. The molecule has 1 aromatic rings. The Bertz CT molecular complexity index is 862. The maximum Gasteiger partial charge on any atom is 0.416 e. The lowest BCUT2D eigenvalue weighted by molar-refractivity contribution is -0.141. The number of methoxy groups -OCH3 is 1. The smallest absolute Gasteiger partial charge is 0.416 e. The van der Waals surface area contributed by atoms with E-state index in [0.29, 0.717) is 12.0 Å². The average Bonchev–Trinajstić information content (AvgIpc) is 3.08. The zero-order valence-electron chi connectivity index (χ0n) is 15.8. The summed E-state index contributed by atoms with van der Waals surface area (Å²) in [6, 6.07) is 4.66. The Hall–Kier alpha value is -2.97. The molecule has 0 fully saturated rings. The third-order valence-corrected chi connectivity index (χ3v) is 5.01. The van der Waals surface area contributed by atoms with E-state index in [-0.39, 0.29) is 23.9 Å². The Labute approximate surface area is 165 Å². The number of carbonyl (C=O) groups is 2. The summed E-state index contributed by atoms with van der Waals surface area (Å²) in [5.74, 6) is -1.07. The number of fused-ring (bicyclic) bond motifs is 1. The Morgan fingerprint density at radius 1 is 1.31 bits per heavy atom. The molecule has 1 aromatic carbocycles. The molecule has 1 amide bonds. The number of alkyl halides is 3. The third kappa shape index (κ3) is 4.55. The van der Waals surface area contributed by atoms with E-state index in [1.54, 1.807) is 0 Å². The van der Waals surface area contributed by atoms with E-state index in [1.165, 1.54) is 25.5 Å². The highest BCUT2D eigenvalue weighted by atomic mass is 19.4. The molecule has 0 saturated heterocycles. The van der Waals surface area contributed by atoms with E-state index < -0.39 is 30.1 Å². The lowest BCUT2D eigenvalue weighted by Crippen LogP contribution is -2.40. The molecule has 0 bridgehead atoms. The number of ether oxygens (including phenoxy) is 3. The van der Waals surface area contributed by atoms with Crippen molar-refractivity contribution in [2.75, 3.05) is 7.11 Å². The van der Waals surface area contributed by atoms with Gasteiger partial charge in [0, 0.05) is 12.5 Å². The lowest BCUT2D eigenvalue weighted by Gasteiger charge is -2.33. The molecule has 29 heavy (non-hydrogen) atoms. The molecule has 3 rings (SSSR count). The summed E-state index contributed by atoms with van der Waals surface area (Å²) < 4.78 is 53.9. The van der Waals surface area contributed by atoms with Gasteiger partial charge in [-0.3, -0.25) is 0 Å². The first-order valence-corrected chi connectivity index (χ1v) is 8.92. The van der Waals surface area contributed by atoms with E-state index in [4.69, 9.17) is 14.2 Å². The summed E-state index contributed by atoms with van der Waals surface area (Å²) in [5, 5.41) is 2.42. The van der Waals surface area contributed by atoms with Crippen LogP contribution in [0.25, 0.3) is 0 Å². The van der Waals surface area contributed by atoms with Crippen molar-refractivity contribution in [2.24, 2.45) is 11.8 Å². The van der Waals surface area contributed by atoms with Gasteiger partial charge in [0.25, 0.3) is 6.29 Å². The molecule has 1 N–H and O–H groups in total. The van der Waals surface area contributed by atoms with Crippen LogP contribution in [0.3, 0.4) is 0 Å². The highest BCUT2D eigenvalue weighted by Crippen LogP contribution is 2.43. The number of rotatable bonds is 4. The van der Waals surface area contributed by atoms with E-state index in [0.717, 1.165) is 17.7 Å². The van der Waals surface area contributed by atoms with E-state index in [2.05, 4.69) is 5.32 Å². The van der Waals surface area contributed by atoms with Gasteiger partial charge in [-0.2, -0.15) is 13.2 Å². The van der Waals surface area contributed by atoms with Gasteiger partial charge in [-0.05, 0) is 31.0 Å². The van der Waals surface area contributed by atoms with Crippen molar-refractivity contribution in [1.29, 1.82) is 0 Å². The predicted octanol–water partition coefficient (Wildman–Crippen LogP) is 3.93. The molecule has 3 atom stereocenters. The summed E-state index contributed by atoms with van der Waals surface area (Å²) >= 11 is 0. The molecule has 156 valence electrons. The Morgan fingerprint density at radius 3 is 2.76 bits per heavy atom. The zero-order chi connectivity index (χ0) is 21.2. The minimum Gasteiger partial charge on any atom is -0.466 e. The number of hydrogen-bond acceptors (Lipinski definition) is 5. The predicted molar refractivity (Wildman–Crippen MR) is 95.1 cm³/mol. The standard InChI is InChI=1S/C20H20F3NO5/c1-11-6-7-14-15(17(25)27-2)10-28-18(16(11)14)29-19(26)24-9-12-4-3-5-13(8-12)20(21,22)23/h3-6,8,10,14,16,18H,7,9H2,1-2H3,(H,24,26). The quantitative estimate of drug-likeness (QED) is 0.600. The van der Waals surface area contributed by atoms with Gasteiger partial charge in [0.2, 0.25) is 0 Å². The Morgan fingerprint density at radius 2 is 2.07 bits per heavy atom. The van der Waals surface area contributed by atoms with Crippen LogP contribution < -0.4 is 5.32 Å². The monoisotopic (exact) mass is 411 g/mol. The molecule has 0 radical (unpaired) electrons. The van der Waals surface area contributed by atoms with Gasteiger partial charge in [0.15, 0.2) is 0 Å². The number of esters is 1. The average molecular weight is 411 g/mol. The van der Waals surface area contributed by atoms with Gasteiger partial charge >= 0.3 is 18.2 Å². The van der Waals surface area contributed by atoms with Crippen molar-refractivity contribution in [3.63, 3.8) is 0 Å². The summed E-state index contributed by atoms with van der Waals surface area (Å²) in [6.07, 6.45) is -2.47. The Balaban J connectivity index is 1.63. The second kappa shape index (κ2) is 8.18. The topological polar surface area (TPSA) is 73.9 Å². The van der Waals surface area contributed by atoms with Crippen molar-refractivity contribution >= 4 is 12.1 Å². The van der Waals surface area contributed by atoms with Gasteiger partial charge in [-0.15, -0.1) is 0 Å². The lowest BCUT2D eigenvalue weighted by atomic mass is 9.84. The van der Waals surface area contributed by atoms with Crippen molar-refractivity contribution in [3.05, 3.63) is 58.9 Å². The minimum atomic E-state index is -4.46. The van der Waals surface area contributed by atoms with Gasteiger partial charge < -0.3 is 19.5 Å². The molecule has 2 aliphatic rings. The fourth-order valence-corrected chi connectivity index (χ4v) is 3.55. The van der Waals surface area contributed by atoms with Crippen LogP contribution in [0.4, 0.5) is 18.0 Å². The summed E-state index contributed by atoms with van der Waals surface area (Å²) in [5.41, 5.74) is 0.773. The first kappa shape index (κ1) is 20.8. The first-order chi connectivity index (χ1) is 13.7. The molecular weight excluding hydrogens is 391 g/mol. The van der Waals surface area contributed by atoms with E-state index in [9.17, 15) is 22.8 Å². The van der Waals surface area contributed by atoms with E-state index >= 15 is 0 Å². The summed E-state index contributed by atoms with van der Waals surface area (Å²) in [7, 11) is 1.28. The maximum absolute atomic E-state index is 12.8. The second-order valence-electron chi connectivity index (χ2n) is 6.84. The fourth-order valence-electron chi connectivity index (χ4n) is 3.55. The van der Waals surface area contributed by atoms with Crippen molar-refractivity contribution in [3.8, 4) is 0 Å². The molecule has 9 heteroatoms. The number of nitrogens with one attached hydrogen (secondary N) is 1. The number of hydrogen-bond donors (Lipinski definition) is 1. The number of carbonyl (C=O) groups excluding carboxylic acids is 2. The van der Waals surface area contributed by atoms with Crippen LogP contribution >= 0.6 is 0 Å². The number of benzene rings is 1. The number of halogens is 3. The highest BCUT2D eigenvalue weighted by molar-refractivity contribution is 5.89. The molecule has 1 heterocycles. The maximum atomic E-state index is 12.8. The number of amides is 1. The SMILES string of the molecule is COC(=O)C1=COC(OC(=O)NCc2cccc(C(F)(F)F)c2)C2C(C)=CCC12. The fraction of sp³-hybridized carbons (Fsp3) is 0.400. The molecular formula is C20H20F3NO5. The number of alkyl carbamates (subject to hydrolysis) is 1. The molecule has 6 nitrogen and oxygen atoms in total. The van der Waals surface area contributed by atoms with Crippen LogP contribution in [-0.4, -0.2) is 25.5 Å². The van der Waals surface area contributed by atoms with Crippen LogP contribution in [0.1, 0.15) is 24.5 Å². The van der Waals surface area contributed by atoms with Gasteiger partial charge in [0.1, 0.15) is 0 Å². The van der Waals surface area contributed by atoms with Crippen LogP contribution in [0, 0.1) is 11.8 Å². The first-order valence-electron chi connectivity index (χ1n) is 8.92. The van der Waals surface area contributed by atoms with E-state index in [1.807, 2.05) is 13.0 Å². The number of allylic oxidation sites excluding steroid dienone is 1. The second-order valence-corrected chi connectivity index (χ2v) is 6.84. The molecule has 1 aliphatic carbocycles. The third-order valence-electron chi connectivity index (χ3n) is 5.01. The van der Waals surface area contributed by atoms with Gasteiger partial charge in [-0.1, -0.05) is 23.8 Å². The largest absolute Gasteiger partial charge is 0.466 e.